The molecule has 0 amide bonds. The van der Waals surface area contributed by atoms with Crippen LogP contribution in [-0.2, 0) is 22.6 Å². The largest absolute Gasteiger partial charge is 0.480 e. The number of carboxylic acid groups (broad SMARTS) is 2. The Bertz CT molecular complexity index is 838. The molecule has 0 saturated carbocycles. The number of carboxylic acids is 2. The van der Waals surface area contributed by atoms with Crippen LogP contribution >= 0.6 is 23.2 Å². The van der Waals surface area contributed by atoms with Crippen molar-refractivity contribution in [1.29, 1.82) is 0 Å². The van der Waals surface area contributed by atoms with E-state index in [1.807, 2.05) is 13.8 Å². The first kappa shape index (κ1) is 22.2. The van der Waals surface area contributed by atoms with Crippen molar-refractivity contribution in [2.75, 3.05) is 0 Å². The molecule has 0 aliphatic carbocycles. The molecule has 1 heterocycles. The van der Waals surface area contributed by atoms with E-state index in [1.54, 1.807) is 35.3 Å². The normalized spacial score (nSPS) is 13.5. The van der Waals surface area contributed by atoms with E-state index in [0.717, 1.165) is 5.56 Å². The molecule has 1 unspecified atom stereocenters. The maximum atomic E-state index is 11.7. The minimum Gasteiger partial charge on any atom is -0.480 e. The zero-order valence-electron chi connectivity index (χ0n) is 15.6. The molecular weight excluding hydrogens is 405 g/mol. The number of carbonyl (C=O) groups is 2. The van der Waals surface area contributed by atoms with Gasteiger partial charge in [0.2, 0.25) is 0 Å². The number of nitrogens with one attached hydrogen (secondary N) is 1. The number of rotatable bonds is 10. The molecule has 0 spiro atoms. The van der Waals surface area contributed by atoms with Gasteiger partial charge in [-0.3, -0.25) is 14.9 Å². The predicted octanol–water partition coefficient (Wildman–Crippen LogP) is 3.32. The monoisotopic (exact) mass is 427 g/mol. The van der Waals surface area contributed by atoms with E-state index in [-0.39, 0.29) is 12.3 Å². The first-order valence-corrected chi connectivity index (χ1v) is 9.57. The van der Waals surface area contributed by atoms with Crippen LogP contribution in [0.2, 0.25) is 10.0 Å². The molecule has 2 rings (SSSR count). The van der Waals surface area contributed by atoms with Crippen LogP contribution in [0.25, 0.3) is 0 Å². The number of imidazole rings is 1. The molecular formula is C19H23Cl2N3O4. The molecule has 0 aliphatic rings. The van der Waals surface area contributed by atoms with Crippen LogP contribution in [-0.4, -0.2) is 43.8 Å². The van der Waals surface area contributed by atoms with Crippen molar-refractivity contribution in [1.82, 2.24) is 14.9 Å². The lowest BCUT2D eigenvalue weighted by Crippen LogP contribution is -2.49. The van der Waals surface area contributed by atoms with Gasteiger partial charge < -0.3 is 14.8 Å². The lowest BCUT2D eigenvalue weighted by atomic mass is 10.0. The van der Waals surface area contributed by atoms with Gasteiger partial charge in [0.15, 0.2) is 0 Å². The second-order valence-electron chi connectivity index (χ2n) is 7.03. The van der Waals surface area contributed by atoms with Gasteiger partial charge in [0.1, 0.15) is 12.1 Å². The molecule has 3 N–H and O–H groups in total. The third-order valence-electron chi connectivity index (χ3n) is 4.27. The minimum absolute atomic E-state index is 0.0788. The zero-order chi connectivity index (χ0) is 20.8. The summed E-state index contributed by atoms with van der Waals surface area (Å²) in [5.74, 6) is -2.08. The fraction of sp³-hybridized carbons (Fsp3) is 0.421. The highest BCUT2D eigenvalue weighted by atomic mass is 35.5. The maximum Gasteiger partial charge on any atom is 0.321 e. The number of hydrogen-bond acceptors (Lipinski definition) is 4. The summed E-state index contributed by atoms with van der Waals surface area (Å²) < 4.78 is 1.77. The average Bonchev–Trinajstić information content (AvgIpc) is 3.03. The molecule has 2 aromatic rings. The summed E-state index contributed by atoms with van der Waals surface area (Å²) in [7, 11) is 0. The summed E-state index contributed by atoms with van der Waals surface area (Å²) in [5, 5.41) is 22.8. The number of benzene rings is 1. The SMILES string of the molecule is CC(C)CC(N[C@@H](Cc1cncn1Cc1cc(Cl)ccc1Cl)C(=O)O)C(=O)O. The van der Waals surface area contributed by atoms with Crippen LogP contribution in [0.5, 0.6) is 0 Å². The topological polar surface area (TPSA) is 104 Å². The van der Waals surface area contributed by atoms with Gasteiger partial charge in [-0.25, -0.2) is 4.98 Å². The molecule has 1 aromatic heterocycles. The first-order chi connectivity index (χ1) is 13.2. The fourth-order valence-electron chi connectivity index (χ4n) is 2.89. The maximum absolute atomic E-state index is 11.7. The van der Waals surface area contributed by atoms with Gasteiger partial charge in [-0.2, -0.15) is 0 Å². The molecule has 152 valence electrons. The summed E-state index contributed by atoms with van der Waals surface area (Å²) in [5.41, 5.74) is 1.42. The van der Waals surface area contributed by atoms with Crippen LogP contribution in [0.4, 0.5) is 0 Å². The van der Waals surface area contributed by atoms with Crippen LogP contribution in [0.15, 0.2) is 30.7 Å². The van der Waals surface area contributed by atoms with E-state index in [2.05, 4.69) is 10.3 Å². The third kappa shape index (κ3) is 6.22. The molecule has 0 radical (unpaired) electrons. The van der Waals surface area contributed by atoms with E-state index in [9.17, 15) is 19.8 Å². The molecule has 1 aromatic carbocycles. The van der Waals surface area contributed by atoms with Gasteiger partial charge in [-0.1, -0.05) is 37.0 Å². The Balaban J connectivity index is 2.18. The van der Waals surface area contributed by atoms with E-state index in [4.69, 9.17) is 23.2 Å². The highest BCUT2D eigenvalue weighted by Crippen LogP contribution is 2.22. The quantitative estimate of drug-likeness (QED) is 0.536. The van der Waals surface area contributed by atoms with E-state index in [0.29, 0.717) is 28.7 Å². The van der Waals surface area contributed by atoms with Crippen molar-refractivity contribution in [3.63, 3.8) is 0 Å². The molecule has 7 nitrogen and oxygen atoms in total. The van der Waals surface area contributed by atoms with Crippen LogP contribution in [0, 0.1) is 5.92 Å². The Morgan fingerprint density at radius 3 is 2.46 bits per heavy atom. The molecule has 28 heavy (non-hydrogen) atoms. The minimum atomic E-state index is -1.12. The molecule has 0 fully saturated rings. The van der Waals surface area contributed by atoms with Gasteiger partial charge in [0.05, 0.1) is 12.9 Å². The van der Waals surface area contributed by atoms with Gasteiger partial charge in [0, 0.05) is 28.4 Å². The standard InChI is InChI=1S/C19H23Cl2N3O4/c1-11(2)5-16(18(25)26)23-17(19(27)28)7-14-8-22-10-24(14)9-12-6-13(20)3-4-15(12)21/h3-4,6,8,10-11,16-17,23H,5,7,9H2,1-2H3,(H,25,26)(H,27,28)/t16?,17-/m0/s1. The Hall–Kier alpha value is -2.09. The number of hydrogen-bond donors (Lipinski definition) is 3. The lowest BCUT2D eigenvalue weighted by molar-refractivity contribution is -0.142. The first-order valence-electron chi connectivity index (χ1n) is 8.82. The Kier molecular flexibility index (Phi) is 7.86. The van der Waals surface area contributed by atoms with Crippen LogP contribution in [0.1, 0.15) is 31.5 Å². The number of nitrogens with zero attached hydrogens (tertiary/aromatic N) is 2. The van der Waals surface area contributed by atoms with Crippen molar-refractivity contribution in [3.05, 3.63) is 52.0 Å². The Morgan fingerprint density at radius 1 is 1.18 bits per heavy atom. The predicted molar refractivity (Wildman–Crippen MR) is 107 cm³/mol. The Morgan fingerprint density at radius 2 is 1.86 bits per heavy atom. The summed E-state index contributed by atoms with van der Waals surface area (Å²) in [4.78, 5) is 27.3. The number of aliphatic carboxylic acids is 2. The van der Waals surface area contributed by atoms with Gasteiger partial charge >= 0.3 is 11.9 Å². The zero-order valence-corrected chi connectivity index (χ0v) is 17.1. The van der Waals surface area contributed by atoms with Crippen LogP contribution in [0.3, 0.4) is 0 Å². The summed E-state index contributed by atoms with van der Waals surface area (Å²) in [6, 6.07) is 3.11. The van der Waals surface area contributed by atoms with Crippen LogP contribution < -0.4 is 5.32 Å². The molecule has 2 atom stereocenters. The van der Waals surface area contributed by atoms with Gasteiger partial charge in [-0.05, 0) is 36.1 Å². The fourth-order valence-corrected chi connectivity index (χ4v) is 3.26. The smallest absolute Gasteiger partial charge is 0.321 e. The van der Waals surface area contributed by atoms with Gasteiger partial charge in [-0.15, -0.1) is 0 Å². The van der Waals surface area contributed by atoms with E-state index >= 15 is 0 Å². The third-order valence-corrected chi connectivity index (χ3v) is 4.87. The molecule has 0 saturated heterocycles. The van der Waals surface area contributed by atoms with Crippen molar-refractivity contribution in [3.8, 4) is 0 Å². The molecule has 0 aliphatic heterocycles. The second kappa shape index (κ2) is 9.91. The van der Waals surface area contributed by atoms with Crippen molar-refractivity contribution in [2.45, 2.75) is 45.3 Å². The number of aromatic nitrogens is 2. The molecule has 0 bridgehead atoms. The highest BCUT2D eigenvalue weighted by molar-refractivity contribution is 6.33. The van der Waals surface area contributed by atoms with E-state index < -0.39 is 24.0 Å². The van der Waals surface area contributed by atoms with Crippen molar-refractivity contribution >= 4 is 35.1 Å². The highest BCUT2D eigenvalue weighted by Gasteiger charge is 2.27. The lowest BCUT2D eigenvalue weighted by Gasteiger charge is -2.22. The summed E-state index contributed by atoms with van der Waals surface area (Å²) in [6.07, 6.45) is 3.55. The molecule has 9 heteroatoms. The summed E-state index contributed by atoms with van der Waals surface area (Å²) in [6.45, 7) is 4.14. The number of halogens is 2. The summed E-state index contributed by atoms with van der Waals surface area (Å²) >= 11 is 12.2. The average molecular weight is 428 g/mol. The van der Waals surface area contributed by atoms with Gasteiger partial charge in [0.25, 0.3) is 0 Å². The second-order valence-corrected chi connectivity index (χ2v) is 7.87. The van der Waals surface area contributed by atoms with Crippen molar-refractivity contribution in [2.24, 2.45) is 5.92 Å². The van der Waals surface area contributed by atoms with Crippen molar-refractivity contribution < 1.29 is 19.8 Å². The van der Waals surface area contributed by atoms with E-state index in [1.165, 1.54) is 0 Å². The Labute approximate surface area is 173 Å².